The second-order valence-electron chi connectivity index (χ2n) is 7.67. The fourth-order valence-electron chi connectivity index (χ4n) is 3.21. The molecule has 0 spiro atoms. The number of aromatic nitrogens is 1. The van der Waals surface area contributed by atoms with Gasteiger partial charge in [0, 0.05) is 25.4 Å². The van der Waals surface area contributed by atoms with E-state index < -0.39 is 45.6 Å². The molecule has 2 aromatic rings. The summed E-state index contributed by atoms with van der Waals surface area (Å²) in [5, 5.41) is 5.06. The van der Waals surface area contributed by atoms with E-state index in [1.165, 1.54) is 12.1 Å². The van der Waals surface area contributed by atoms with Crippen LogP contribution in [0.15, 0.2) is 53.7 Å². The molecule has 1 aromatic carbocycles. The number of Topliss-reactive ketones (excluding diaryl/α,β-unsaturated/α-hetero) is 1. The number of amides is 2. The van der Waals surface area contributed by atoms with Crippen molar-refractivity contribution in [3.8, 4) is 0 Å². The Labute approximate surface area is 180 Å². The maximum atomic E-state index is 13.0. The maximum Gasteiger partial charge on any atom is 0.289 e. The molecule has 10 heteroatoms. The summed E-state index contributed by atoms with van der Waals surface area (Å²) in [4.78, 5) is 41.9. The molecule has 2 atom stereocenters. The Hall–Kier alpha value is -3.11. The zero-order valence-corrected chi connectivity index (χ0v) is 18.0. The van der Waals surface area contributed by atoms with E-state index in [1.54, 1.807) is 50.5 Å². The van der Waals surface area contributed by atoms with Crippen LogP contribution >= 0.6 is 0 Å². The third-order valence-corrected chi connectivity index (χ3v) is 6.34. The van der Waals surface area contributed by atoms with Crippen molar-refractivity contribution in [1.82, 2.24) is 20.3 Å². The quantitative estimate of drug-likeness (QED) is 0.549. The molecule has 2 unspecified atom stereocenters. The van der Waals surface area contributed by atoms with Gasteiger partial charge in [0.05, 0.1) is 4.90 Å². The summed E-state index contributed by atoms with van der Waals surface area (Å²) < 4.78 is 27.8. The van der Waals surface area contributed by atoms with Crippen molar-refractivity contribution in [1.29, 1.82) is 0 Å². The molecule has 3 rings (SSSR count). The van der Waals surface area contributed by atoms with Crippen LogP contribution in [-0.4, -0.2) is 43.1 Å². The molecule has 3 N–H and O–H groups in total. The molecule has 1 aliphatic heterocycles. The molecular formula is C21H24N4O5S. The van der Waals surface area contributed by atoms with Crippen LogP contribution in [0.2, 0.25) is 0 Å². The topological polar surface area (TPSA) is 134 Å². The van der Waals surface area contributed by atoms with Crippen LogP contribution in [-0.2, 0) is 37.4 Å². The zero-order chi connectivity index (χ0) is 22.6. The lowest BCUT2D eigenvalue weighted by molar-refractivity contribution is -0.140. The highest BCUT2D eigenvalue weighted by Gasteiger charge is 2.33. The molecule has 1 aromatic heterocycles. The summed E-state index contributed by atoms with van der Waals surface area (Å²) >= 11 is 0. The molecule has 0 radical (unpaired) electrons. The number of carbonyl (C=O) groups excluding carboxylic acids is 3. The Balaban J connectivity index is 1.82. The minimum atomic E-state index is -3.96. The summed E-state index contributed by atoms with van der Waals surface area (Å²) in [7, 11) is -3.96. The number of hydrogen-bond donors (Lipinski definition) is 3. The number of ketones is 1. The van der Waals surface area contributed by atoms with Gasteiger partial charge >= 0.3 is 0 Å². The Morgan fingerprint density at radius 2 is 1.81 bits per heavy atom. The molecule has 0 aliphatic carbocycles. The standard InChI is InChI=1S/C21H24N4O5S/c1-13(2)18(25-31(29,30)16-6-4-3-5-7-16)20(27)24-17-9-14-8-15(11-22-10-14)12-23-21(28)19(17)26/h3-8,10-11,13,17-18,25H,9,12H2,1-2H3,(H,23,28)(H,24,27). The van der Waals surface area contributed by atoms with E-state index in [-0.39, 0.29) is 17.9 Å². The number of nitrogens with one attached hydrogen (secondary N) is 3. The van der Waals surface area contributed by atoms with E-state index in [0.29, 0.717) is 5.56 Å². The summed E-state index contributed by atoms with van der Waals surface area (Å²) in [5.74, 6) is -2.73. The first-order valence-electron chi connectivity index (χ1n) is 9.80. The van der Waals surface area contributed by atoms with Crippen LogP contribution in [0.25, 0.3) is 0 Å². The summed E-state index contributed by atoms with van der Waals surface area (Å²) in [5.41, 5.74) is 1.42. The minimum Gasteiger partial charge on any atom is -0.345 e. The molecule has 31 heavy (non-hydrogen) atoms. The largest absolute Gasteiger partial charge is 0.345 e. The van der Waals surface area contributed by atoms with Crippen molar-refractivity contribution in [2.24, 2.45) is 5.92 Å². The second kappa shape index (κ2) is 9.36. The van der Waals surface area contributed by atoms with Gasteiger partial charge in [-0.25, -0.2) is 8.42 Å². The highest BCUT2D eigenvalue weighted by molar-refractivity contribution is 7.89. The van der Waals surface area contributed by atoms with E-state index >= 15 is 0 Å². The summed E-state index contributed by atoms with van der Waals surface area (Å²) in [6.45, 7) is 3.52. The molecule has 0 saturated carbocycles. The molecule has 0 fully saturated rings. The van der Waals surface area contributed by atoms with E-state index in [1.807, 2.05) is 0 Å². The Bertz CT molecular complexity index is 1090. The van der Waals surface area contributed by atoms with Gasteiger partial charge in [0.2, 0.25) is 21.7 Å². The number of rotatable bonds is 6. The lowest BCUT2D eigenvalue weighted by Gasteiger charge is -2.24. The van der Waals surface area contributed by atoms with Crippen molar-refractivity contribution in [3.05, 3.63) is 59.9 Å². The van der Waals surface area contributed by atoms with Crippen molar-refractivity contribution in [2.75, 3.05) is 0 Å². The summed E-state index contributed by atoms with van der Waals surface area (Å²) in [6, 6.07) is 7.19. The van der Waals surface area contributed by atoms with Crippen LogP contribution < -0.4 is 15.4 Å². The maximum absolute atomic E-state index is 13.0. The van der Waals surface area contributed by atoms with Gasteiger partial charge in [0.25, 0.3) is 5.91 Å². The average molecular weight is 445 g/mol. The van der Waals surface area contributed by atoms with Crippen LogP contribution in [0.5, 0.6) is 0 Å². The molecule has 2 bridgehead atoms. The van der Waals surface area contributed by atoms with Gasteiger partial charge < -0.3 is 10.6 Å². The number of carbonyl (C=O) groups is 3. The predicted octanol–water partition coefficient (Wildman–Crippen LogP) is 0.311. The van der Waals surface area contributed by atoms with Crippen LogP contribution in [0.3, 0.4) is 0 Å². The van der Waals surface area contributed by atoms with Crippen LogP contribution in [0, 0.1) is 5.92 Å². The van der Waals surface area contributed by atoms with Gasteiger partial charge in [0.15, 0.2) is 0 Å². The first kappa shape index (κ1) is 22.6. The van der Waals surface area contributed by atoms with E-state index in [2.05, 4.69) is 20.3 Å². The van der Waals surface area contributed by atoms with Gasteiger partial charge in [-0.3, -0.25) is 19.4 Å². The van der Waals surface area contributed by atoms with Gasteiger partial charge in [-0.15, -0.1) is 0 Å². The highest BCUT2D eigenvalue weighted by Crippen LogP contribution is 2.13. The lowest BCUT2D eigenvalue weighted by Crippen LogP contribution is -2.55. The smallest absolute Gasteiger partial charge is 0.289 e. The fourth-order valence-corrected chi connectivity index (χ4v) is 4.58. The van der Waals surface area contributed by atoms with Crippen molar-refractivity contribution < 1.29 is 22.8 Å². The molecule has 9 nitrogen and oxygen atoms in total. The number of nitrogens with zero attached hydrogens (tertiary/aromatic N) is 1. The van der Waals surface area contributed by atoms with Crippen molar-refractivity contribution in [3.63, 3.8) is 0 Å². The first-order chi connectivity index (χ1) is 14.7. The van der Waals surface area contributed by atoms with Crippen LogP contribution in [0.1, 0.15) is 25.0 Å². The normalized spacial score (nSPS) is 17.8. The van der Waals surface area contributed by atoms with Gasteiger partial charge in [-0.2, -0.15) is 4.72 Å². The molecular weight excluding hydrogens is 420 g/mol. The molecule has 2 heterocycles. The van der Waals surface area contributed by atoms with Crippen LogP contribution in [0.4, 0.5) is 0 Å². The Morgan fingerprint density at radius 1 is 1.13 bits per heavy atom. The lowest BCUT2D eigenvalue weighted by atomic mass is 10.0. The minimum absolute atomic E-state index is 0.0224. The molecule has 1 aliphatic rings. The van der Waals surface area contributed by atoms with Gasteiger partial charge in [-0.1, -0.05) is 38.1 Å². The second-order valence-corrected chi connectivity index (χ2v) is 9.38. The Morgan fingerprint density at radius 3 is 2.48 bits per heavy atom. The van der Waals surface area contributed by atoms with Crippen molar-refractivity contribution in [2.45, 2.75) is 43.8 Å². The molecule has 0 saturated heterocycles. The SMILES string of the molecule is CC(C)C(NS(=O)(=O)c1ccccc1)C(=O)NC1Cc2cncc(c2)CNC(=O)C1=O. The molecule has 2 amide bonds. The zero-order valence-electron chi connectivity index (χ0n) is 17.2. The highest BCUT2D eigenvalue weighted by atomic mass is 32.2. The average Bonchev–Trinajstić information content (AvgIpc) is 2.78. The van der Waals surface area contributed by atoms with E-state index in [0.717, 1.165) is 5.56 Å². The van der Waals surface area contributed by atoms with Gasteiger partial charge in [-0.05, 0) is 29.2 Å². The number of sulfonamides is 1. The monoisotopic (exact) mass is 444 g/mol. The van der Waals surface area contributed by atoms with E-state index in [9.17, 15) is 22.8 Å². The number of benzene rings is 1. The fraction of sp³-hybridized carbons (Fsp3) is 0.333. The summed E-state index contributed by atoms with van der Waals surface area (Å²) in [6.07, 6.45) is 3.21. The molecule has 164 valence electrons. The Kier molecular flexibility index (Phi) is 6.81. The third kappa shape index (κ3) is 5.53. The van der Waals surface area contributed by atoms with Gasteiger partial charge in [0.1, 0.15) is 12.1 Å². The van der Waals surface area contributed by atoms with Crippen molar-refractivity contribution >= 4 is 27.6 Å². The van der Waals surface area contributed by atoms with E-state index in [4.69, 9.17) is 0 Å². The number of fused-ring (bicyclic) bond motifs is 2. The predicted molar refractivity (Wildman–Crippen MR) is 112 cm³/mol. The first-order valence-corrected chi connectivity index (χ1v) is 11.3. The third-order valence-electron chi connectivity index (χ3n) is 4.89. The number of hydrogen-bond acceptors (Lipinski definition) is 6. The number of pyridine rings is 1.